The van der Waals surface area contributed by atoms with Gasteiger partial charge >= 0.3 is 0 Å². The molecule has 1 aliphatic rings. The van der Waals surface area contributed by atoms with Gasteiger partial charge in [-0.25, -0.2) is 13.1 Å². The number of sulfonamides is 1. The van der Waals surface area contributed by atoms with Gasteiger partial charge in [-0.15, -0.1) is 0 Å². The molecule has 8 heteroatoms. The zero-order valence-corrected chi connectivity index (χ0v) is 13.0. The van der Waals surface area contributed by atoms with Crippen LogP contribution in [0.2, 0.25) is 0 Å². The van der Waals surface area contributed by atoms with E-state index >= 15 is 0 Å². The number of piperidine rings is 1. The summed E-state index contributed by atoms with van der Waals surface area (Å²) in [5.41, 5.74) is 5.70. The van der Waals surface area contributed by atoms with Gasteiger partial charge in [-0.05, 0) is 40.3 Å². The van der Waals surface area contributed by atoms with Crippen molar-refractivity contribution < 1.29 is 8.42 Å². The lowest BCUT2D eigenvalue weighted by Gasteiger charge is -2.35. The summed E-state index contributed by atoms with van der Waals surface area (Å²) in [4.78, 5) is 2.31. The minimum absolute atomic E-state index is 0.0458. The summed E-state index contributed by atoms with van der Waals surface area (Å²) in [6.45, 7) is 5.46. The Balaban J connectivity index is 2.13. The molecule has 7 nitrogen and oxygen atoms in total. The number of rotatable bonds is 4. The van der Waals surface area contributed by atoms with Gasteiger partial charge in [0.05, 0.1) is 0 Å². The van der Waals surface area contributed by atoms with Crippen LogP contribution in [-0.2, 0) is 16.6 Å². The minimum atomic E-state index is -3.60. The Kier molecular flexibility index (Phi) is 4.36. The second-order valence-electron chi connectivity index (χ2n) is 5.41. The monoisotopic (exact) mass is 301 g/mol. The van der Waals surface area contributed by atoms with E-state index in [1.54, 1.807) is 0 Å². The van der Waals surface area contributed by atoms with Crippen LogP contribution in [0.25, 0.3) is 0 Å². The third kappa shape index (κ3) is 3.13. The largest absolute Gasteiger partial charge is 0.381 e. The quantitative estimate of drug-likeness (QED) is 0.831. The molecule has 0 aromatic carbocycles. The molecule has 1 fully saturated rings. The van der Waals surface area contributed by atoms with Crippen molar-refractivity contribution in [2.24, 2.45) is 0 Å². The summed E-state index contributed by atoms with van der Waals surface area (Å²) in [5.74, 6) is 0.0559. The van der Waals surface area contributed by atoms with Gasteiger partial charge in [0, 0.05) is 24.8 Å². The summed E-state index contributed by atoms with van der Waals surface area (Å²) in [6.07, 6.45) is 3.09. The number of nitrogens with one attached hydrogen (secondary N) is 1. The molecule has 2 unspecified atom stereocenters. The van der Waals surface area contributed by atoms with Crippen LogP contribution in [-0.4, -0.2) is 48.8 Å². The molecule has 0 radical (unpaired) electrons. The standard InChI is InChI=1S/C12H23N5O2S/c1-4-17-8-11(12(13)14-17)20(18,19)15-10-5-6-16(3)9(2)7-10/h8-10,15H,4-7H2,1-3H3,(H2,13,14). The zero-order valence-electron chi connectivity index (χ0n) is 12.2. The predicted molar refractivity (Wildman–Crippen MR) is 77.7 cm³/mol. The Bertz CT molecular complexity index is 568. The highest BCUT2D eigenvalue weighted by Gasteiger charge is 2.29. The predicted octanol–water partition coefficient (Wildman–Crippen LogP) is 0.246. The Labute approximate surface area is 120 Å². The molecule has 20 heavy (non-hydrogen) atoms. The summed E-state index contributed by atoms with van der Waals surface area (Å²) >= 11 is 0. The molecule has 0 spiro atoms. The zero-order chi connectivity index (χ0) is 14.9. The van der Waals surface area contributed by atoms with Gasteiger partial charge in [0.1, 0.15) is 4.90 Å². The molecule has 1 aliphatic heterocycles. The molecule has 1 saturated heterocycles. The fourth-order valence-electron chi connectivity index (χ4n) is 2.47. The minimum Gasteiger partial charge on any atom is -0.381 e. The number of likely N-dealkylation sites (tertiary alicyclic amines) is 1. The van der Waals surface area contributed by atoms with Crippen LogP contribution in [0.5, 0.6) is 0 Å². The number of hydrogen-bond acceptors (Lipinski definition) is 5. The first-order valence-corrected chi connectivity index (χ1v) is 8.37. The van der Waals surface area contributed by atoms with Gasteiger partial charge < -0.3 is 10.6 Å². The lowest BCUT2D eigenvalue weighted by molar-refractivity contribution is 0.178. The van der Waals surface area contributed by atoms with E-state index in [4.69, 9.17) is 5.73 Å². The highest BCUT2D eigenvalue weighted by atomic mass is 32.2. The van der Waals surface area contributed by atoms with Gasteiger partial charge in [0.25, 0.3) is 0 Å². The van der Waals surface area contributed by atoms with Gasteiger partial charge in [-0.1, -0.05) is 0 Å². The average molecular weight is 301 g/mol. The van der Waals surface area contributed by atoms with Gasteiger partial charge in [0.15, 0.2) is 5.82 Å². The number of aryl methyl sites for hydroxylation is 1. The maximum absolute atomic E-state index is 12.4. The lowest BCUT2D eigenvalue weighted by atomic mass is 10.0. The summed E-state index contributed by atoms with van der Waals surface area (Å²) in [6, 6.07) is 0.322. The van der Waals surface area contributed by atoms with Crippen LogP contribution in [0, 0.1) is 0 Å². The molecule has 3 N–H and O–H groups in total. The van der Waals surface area contributed by atoms with Crippen LogP contribution in [0.1, 0.15) is 26.7 Å². The Morgan fingerprint density at radius 1 is 1.55 bits per heavy atom. The Hall–Kier alpha value is -1.12. The van der Waals surface area contributed by atoms with E-state index in [2.05, 4.69) is 28.7 Å². The molecule has 0 saturated carbocycles. The summed E-state index contributed by atoms with van der Waals surface area (Å²) < 4.78 is 29.0. The fraction of sp³-hybridized carbons (Fsp3) is 0.750. The SMILES string of the molecule is CCn1cc(S(=O)(=O)NC2CCN(C)C(C)C2)c(N)n1. The highest BCUT2D eigenvalue weighted by Crippen LogP contribution is 2.20. The van der Waals surface area contributed by atoms with E-state index in [1.165, 1.54) is 10.9 Å². The maximum Gasteiger partial charge on any atom is 0.246 e. The number of hydrogen-bond donors (Lipinski definition) is 2. The van der Waals surface area contributed by atoms with Crippen molar-refractivity contribution in [3.05, 3.63) is 6.20 Å². The van der Waals surface area contributed by atoms with E-state index in [0.29, 0.717) is 12.6 Å². The van der Waals surface area contributed by atoms with E-state index in [-0.39, 0.29) is 16.8 Å². The van der Waals surface area contributed by atoms with Gasteiger partial charge in [-0.2, -0.15) is 5.10 Å². The summed E-state index contributed by atoms with van der Waals surface area (Å²) in [5, 5.41) is 3.98. The van der Waals surface area contributed by atoms with Gasteiger partial charge in [0.2, 0.25) is 10.0 Å². The molecule has 0 bridgehead atoms. The molecule has 0 aliphatic carbocycles. The van der Waals surface area contributed by atoms with Crippen molar-refractivity contribution in [1.82, 2.24) is 19.4 Å². The molecule has 0 amide bonds. The third-order valence-corrected chi connectivity index (χ3v) is 5.44. The van der Waals surface area contributed by atoms with Crippen molar-refractivity contribution in [2.75, 3.05) is 19.3 Å². The normalized spacial score (nSPS) is 24.9. The Morgan fingerprint density at radius 3 is 2.80 bits per heavy atom. The number of nitrogens with two attached hydrogens (primary N) is 1. The number of nitrogen functional groups attached to an aromatic ring is 1. The topological polar surface area (TPSA) is 93.2 Å². The second kappa shape index (κ2) is 5.71. The molecule has 2 heterocycles. The van der Waals surface area contributed by atoms with E-state index < -0.39 is 10.0 Å². The smallest absolute Gasteiger partial charge is 0.246 e. The van der Waals surface area contributed by atoms with E-state index in [1.807, 2.05) is 6.92 Å². The van der Waals surface area contributed by atoms with Crippen molar-refractivity contribution in [3.63, 3.8) is 0 Å². The van der Waals surface area contributed by atoms with Crippen LogP contribution in [0.3, 0.4) is 0 Å². The van der Waals surface area contributed by atoms with Crippen molar-refractivity contribution in [3.8, 4) is 0 Å². The van der Waals surface area contributed by atoms with Crippen LogP contribution in [0.15, 0.2) is 11.1 Å². The second-order valence-corrected chi connectivity index (χ2v) is 7.09. The first-order chi connectivity index (χ1) is 9.33. The third-order valence-electron chi connectivity index (χ3n) is 3.90. The molecular formula is C12H23N5O2S. The van der Waals surface area contributed by atoms with Crippen LogP contribution >= 0.6 is 0 Å². The van der Waals surface area contributed by atoms with E-state index in [9.17, 15) is 8.42 Å². The molecule has 114 valence electrons. The van der Waals surface area contributed by atoms with Crippen molar-refractivity contribution in [1.29, 1.82) is 0 Å². The summed E-state index contributed by atoms with van der Waals surface area (Å²) in [7, 11) is -1.54. The lowest BCUT2D eigenvalue weighted by Crippen LogP contribution is -2.47. The Morgan fingerprint density at radius 2 is 2.25 bits per heavy atom. The molecular weight excluding hydrogens is 278 g/mol. The first kappa shape index (κ1) is 15.3. The number of aromatic nitrogens is 2. The molecule has 2 rings (SSSR count). The van der Waals surface area contributed by atoms with Crippen molar-refractivity contribution >= 4 is 15.8 Å². The average Bonchev–Trinajstić information content (AvgIpc) is 2.76. The van der Waals surface area contributed by atoms with Crippen LogP contribution in [0.4, 0.5) is 5.82 Å². The number of anilines is 1. The maximum atomic E-state index is 12.4. The highest BCUT2D eigenvalue weighted by molar-refractivity contribution is 7.89. The van der Waals surface area contributed by atoms with Crippen molar-refractivity contribution in [2.45, 2.75) is 50.2 Å². The van der Waals surface area contributed by atoms with E-state index in [0.717, 1.165) is 19.4 Å². The molecule has 1 aromatic heterocycles. The van der Waals surface area contributed by atoms with Gasteiger partial charge in [-0.3, -0.25) is 4.68 Å². The number of nitrogens with zero attached hydrogens (tertiary/aromatic N) is 3. The molecule has 2 atom stereocenters. The molecule has 1 aromatic rings. The van der Waals surface area contributed by atoms with Crippen LogP contribution < -0.4 is 10.5 Å². The first-order valence-electron chi connectivity index (χ1n) is 6.89. The fourth-order valence-corrected chi connectivity index (χ4v) is 3.82.